The van der Waals surface area contributed by atoms with Gasteiger partial charge in [0, 0.05) is 25.0 Å². The smallest absolute Gasteiger partial charge is 0.255 e. The third-order valence-electron chi connectivity index (χ3n) is 2.67. The number of hydrogen-bond donors (Lipinski definition) is 3. The molecule has 0 aliphatic carbocycles. The monoisotopic (exact) mass is 258 g/mol. The lowest BCUT2D eigenvalue weighted by molar-refractivity contribution is 0.0951. The molecule has 0 saturated carbocycles. The molecule has 98 valence electrons. The van der Waals surface area contributed by atoms with Crippen LogP contribution in [0.25, 0.3) is 0 Å². The fourth-order valence-electron chi connectivity index (χ4n) is 1.68. The van der Waals surface area contributed by atoms with Gasteiger partial charge in [0.2, 0.25) is 0 Å². The first-order chi connectivity index (χ1) is 9.16. The van der Waals surface area contributed by atoms with E-state index in [0.717, 1.165) is 11.6 Å². The zero-order valence-electron chi connectivity index (χ0n) is 10.2. The molecule has 1 amide bonds. The molecular formula is C14H14N2O3. The van der Waals surface area contributed by atoms with Crippen molar-refractivity contribution in [3.05, 3.63) is 53.9 Å². The first-order valence-electron chi connectivity index (χ1n) is 5.86. The van der Waals surface area contributed by atoms with Crippen LogP contribution in [0.1, 0.15) is 15.9 Å². The molecule has 0 saturated heterocycles. The Labute approximate surface area is 110 Å². The third-order valence-corrected chi connectivity index (χ3v) is 2.67. The minimum absolute atomic E-state index is 0.0779. The first kappa shape index (κ1) is 12.9. The highest BCUT2D eigenvalue weighted by molar-refractivity contribution is 5.96. The van der Waals surface area contributed by atoms with Gasteiger partial charge in [-0.05, 0) is 36.2 Å². The van der Waals surface area contributed by atoms with Crippen molar-refractivity contribution < 1.29 is 15.0 Å². The van der Waals surface area contributed by atoms with Crippen molar-refractivity contribution in [2.24, 2.45) is 0 Å². The molecular weight excluding hydrogens is 244 g/mol. The van der Waals surface area contributed by atoms with Crippen LogP contribution in [-0.2, 0) is 6.42 Å². The van der Waals surface area contributed by atoms with Crippen LogP contribution in [0.4, 0.5) is 0 Å². The number of aromatic hydroxyl groups is 2. The predicted molar refractivity (Wildman–Crippen MR) is 70.0 cm³/mol. The topological polar surface area (TPSA) is 82.5 Å². The number of carbonyl (C=O) groups is 1. The fraction of sp³-hybridized carbons (Fsp3) is 0.143. The molecule has 0 unspecified atom stereocenters. The zero-order valence-corrected chi connectivity index (χ0v) is 10.2. The second-order valence-corrected chi connectivity index (χ2v) is 4.06. The Balaban J connectivity index is 1.91. The number of nitrogens with one attached hydrogen (secondary N) is 1. The van der Waals surface area contributed by atoms with Crippen molar-refractivity contribution in [3.8, 4) is 11.5 Å². The van der Waals surface area contributed by atoms with Crippen LogP contribution < -0.4 is 5.32 Å². The fourth-order valence-corrected chi connectivity index (χ4v) is 1.68. The normalized spacial score (nSPS) is 10.1. The van der Waals surface area contributed by atoms with E-state index in [4.69, 9.17) is 5.11 Å². The van der Waals surface area contributed by atoms with E-state index in [9.17, 15) is 9.90 Å². The van der Waals surface area contributed by atoms with Crippen LogP contribution in [0.5, 0.6) is 11.5 Å². The highest BCUT2D eigenvalue weighted by Gasteiger charge is 2.10. The van der Waals surface area contributed by atoms with E-state index in [-0.39, 0.29) is 23.0 Å². The Kier molecular flexibility index (Phi) is 3.97. The van der Waals surface area contributed by atoms with E-state index in [1.54, 1.807) is 12.4 Å². The van der Waals surface area contributed by atoms with Gasteiger partial charge in [-0.15, -0.1) is 0 Å². The van der Waals surface area contributed by atoms with Crippen LogP contribution in [-0.4, -0.2) is 27.6 Å². The Morgan fingerprint density at radius 3 is 2.58 bits per heavy atom. The summed E-state index contributed by atoms with van der Waals surface area (Å²) in [7, 11) is 0. The number of benzene rings is 1. The van der Waals surface area contributed by atoms with Gasteiger partial charge in [0.25, 0.3) is 5.91 Å². The van der Waals surface area contributed by atoms with Gasteiger partial charge in [-0.1, -0.05) is 0 Å². The molecule has 1 aromatic heterocycles. The summed E-state index contributed by atoms with van der Waals surface area (Å²) in [4.78, 5) is 15.7. The van der Waals surface area contributed by atoms with E-state index in [1.807, 2.05) is 12.1 Å². The number of rotatable bonds is 4. The van der Waals surface area contributed by atoms with Crippen molar-refractivity contribution in [3.63, 3.8) is 0 Å². The van der Waals surface area contributed by atoms with Crippen LogP contribution in [0.15, 0.2) is 42.7 Å². The molecule has 3 N–H and O–H groups in total. The van der Waals surface area contributed by atoms with Crippen molar-refractivity contribution in [2.75, 3.05) is 6.54 Å². The summed E-state index contributed by atoms with van der Waals surface area (Å²) in [5.41, 5.74) is 1.22. The number of carbonyl (C=O) groups excluding carboxylic acids is 1. The largest absolute Gasteiger partial charge is 0.508 e. The number of pyridine rings is 1. The number of phenols is 2. The number of nitrogens with zero attached hydrogens (tertiary/aromatic N) is 1. The predicted octanol–water partition coefficient (Wildman–Crippen LogP) is 1.47. The standard InChI is InChI=1S/C14H14N2O3/c17-11-1-2-12(13(18)9-11)14(19)16-8-5-10-3-6-15-7-4-10/h1-4,6-7,9,17-18H,5,8H2,(H,16,19). The maximum atomic E-state index is 11.8. The zero-order chi connectivity index (χ0) is 13.7. The number of amides is 1. The molecule has 0 aliphatic heterocycles. The molecule has 0 spiro atoms. The van der Waals surface area contributed by atoms with Crippen molar-refractivity contribution in [2.45, 2.75) is 6.42 Å². The van der Waals surface area contributed by atoms with Crippen LogP contribution in [0, 0.1) is 0 Å². The Bertz CT molecular complexity index is 570. The number of hydrogen-bond acceptors (Lipinski definition) is 4. The van der Waals surface area contributed by atoms with Gasteiger partial charge in [0.1, 0.15) is 11.5 Å². The van der Waals surface area contributed by atoms with E-state index < -0.39 is 0 Å². The molecule has 1 heterocycles. The van der Waals surface area contributed by atoms with Gasteiger partial charge >= 0.3 is 0 Å². The molecule has 5 heteroatoms. The van der Waals surface area contributed by atoms with Crippen molar-refractivity contribution in [1.82, 2.24) is 10.3 Å². The van der Waals surface area contributed by atoms with E-state index in [1.165, 1.54) is 12.1 Å². The van der Waals surface area contributed by atoms with Gasteiger partial charge in [0.05, 0.1) is 5.56 Å². The molecule has 5 nitrogen and oxygen atoms in total. The summed E-state index contributed by atoms with van der Waals surface area (Å²) in [6.07, 6.45) is 4.08. The lowest BCUT2D eigenvalue weighted by Crippen LogP contribution is -2.25. The van der Waals surface area contributed by atoms with Crippen LogP contribution >= 0.6 is 0 Å². The van der Waals surface area contributed by atoms with Crippen molar-refractivity contribution >= 4 is 5.91 Å². The lowest BCUT2D eigenvalue weighted by atomic mass is 10.1. The van der Waals surface area contributed by atoms with Gasteiger partial charge in [-0.25, -0.2) is 0 Å². The van der Waals surface area contributed by atoms with Gasteiger partial charge in [-0.2, -0.15) is 0 Å². The lowest BCUT2D eigenvalue weighted by Gasteiger charge is -2.07. The summed E-state index contributed by atoms with van der Waals surface area (Å²) in [5.74, 6) is -0.682. The summed E-state index contributed by atoms with van der Waals surface area (Å²) in [6.45, 7) is 0.461. The molecule has 0 atom stereocenters. The maximum absolute atomic E-state index is 11.8. The SMILES string of the molecule is O=C(NCCc1ccncc1)c1ccc(O)cc1O. The summed E-state index contributed by atoms with van der Waals surface area (Å²) in [5, 5.41) is 21.4. The Morgan fingerprint density at radius 1 is 1.16 bits per heavy atom. The highest BCUT2D eigenvalue weighted by atomic mass is 16.3. The van der Waals surface area contributed by atoms with Gasteiger partial charge < -0.3 is 15.5 Å². The summed E-state index contributed by atoms with van der Waals surface area (Å²) < 4.78 is 0. The summed E-state index contributed by atoms with van der Waals surface area (Å²) >= 11 is 0. The Hall–Kier alpha value is -2.56. The average molecular weight is 258 g/mol. The second kappa shape index (κ2) is 5.86. The quantitative estimate of drug-likeness (QED) is 0.775. The molecule has 0 aliphatic rings. The van der Waals surface area contributed by atoms with Crippen molar-refractivity contribution in [1.29, 1.82) is 0 Å². The highest BCUT2D eigenvalue weighted by Crippen LogP contribution is 2.22. The van der Waals surface area contributed by atoms with Gasteiger partial charge in [0.15, 0.2) is 0 Å². The third kappa shape index (κ3) is 3.45. The van der Waals surface area contributed by atoms with E-state index in [2.05, 4.69) is 10.3 Å². The van der Waals surface area contributed by atoms with E-state index in [0.29, 0.717) is 13.0 Å². The number of aromatic nitrogens is 1. The van der Waals surface area contributed by atoms with E-state index >= 15 is 0 Å². The molecule has 1 aromatic carbocycles. The summed E-state index contributed by atoms with van der Waals surface area (Å²) in [6, 6.07) is 7.64. The molecule has 2 aromatic rings. The van der Waals surface area contributed by atoms with Gasteiger partial charge in [-0.3, -0.25) is 9.78 Å². The average Bonchev–Trinajstić information content (AvgIpc) is 2.39. The first-order valence-corrected chi connectivity index (χ1v) is 5.86. The number of phenolic OH excluding ortho intramolecular Hbond substituents is 2. The molecule has 0 radical (unpaired) electrons. The van der Waals surface area contributed by atoms with Crippen LogP contribution in [0.3, 0.4) is 0 Å². The molecule has 0 bridgehead atoms. The Morgan fingerprint density at radius 2 is 1.89 bits per heavy atom. The molecule has 0 fully saturated rings. The molecule has 19 heavy (non-hydrogen) atoms. The maximum Gasteiger partial charge on any atom is 0.255 e. The minimum atomic E-state index is -0.369. The van der Waals surface area contributed by atoms with Crippen LogP contribution in [0.2, 0.25) is 0 Å². The molecule has 2 rings (SSSR count). The minimum Gasteiger partial charge on any atom is -0.508 e. The second-order valence-electron chi connectivity index (χ2n) is 4.06.